The largest absolute Gasteiger partial charge is 0.464 e. The second kappa shape index (κ2) is 6.98. The van der Waals surface area contributed by atoms with E-state index in [4.69, 9.17) is 4.74 Å². The van der Waals surface area contributed by atoms with Gasteiger partial charge in [0.05, 0.1) is 32.0 Å². The van der Waals surface area contributed by atoms with Crippen LogP contribution in [-0.2, 0) is 36.7 Å². The Balaban J connectivity index is 1.62. The van der Waals surface area contributed by atoms with Gasteiger partial charge < -0.3 is 9.30 Å². The van der Waals surface area contributed by atoms with E-state index in [1.165, 1.54) is 17.9 Å². The van der Waals surface area contributed by atoms with Gasteiger partial charge >= 0.3 is 11.7 Å². The Morgan fingerprint density at radius 1 is 1.19 bits per heavy atom. The summed E-state index contributed by atoms with van der Waals surface area (Å²) < 4.78 is 10.8. The molecule has 3 aromatic rings. The highest BCUT2D eigenvalue weighted by Crippen LogP contribution is 2.05. The Labute approximate surface area is 148 Å². The summed E-state index contributed by atoms with van der Waals surface area (Å²) in [5.74, 6) is -0.345. The minimum absolute atomic E-state index is 0.106. The molecule has 0 amide bonds. The number of hydrogen-bond donors (Lipinski definition) is 0. The summed E-state index contributed by atoms with van der Waals surface area (Å²) in [7, 11) is 2.97. The summed E-state index contributed by atoms with van der Waals surface area (Å²) in [4.78, 5) is 40.2. The first-order valence-electron chi connectivity index (χ1n) is 8.14. The van der Waals surface area contributed by atoms with E-state index in [1.54, 1.807) is 22.5 Å². The summed E-state index contributed by atoms with van der Waals surface area (Å²) in [6.07, 6.45) is 5.25. The van der Waals surface area contributed by atoms with Crippen LogP contribution in [0, 0.1) is 6.92 Å². The maximum atomic E-state index is 12.3. The van der Waals surface area contributed by atoms with Gasteiger partial charge in [-0.05, 0) is 12.5 Å². The Kier molecular flexibility index (Phi) is 4.74. The van der Waals surface area contributed by atoms with Crippen LogP contribution in [0.3, 0.4) is 0 Å². The molecule has 3 rings (SSSR count). The summed E-state index contributed by atoms with van der Waals surface area (Å²) in [6, 6.07) is 0. The predicted molar refractivity (Wildman–Crippen MR) is 92.8 cm³/mol. The first-order chi connectivity index (χ1) is 12.4. The molecule has 0 atom stereocenters. The maximum absolute atomic E-state index is 12.3. The van der Waals surface area contributed by atoms with Gasteiger partial charge in [-0.15, -0.1) is 0 Å². The summed E-state index contributed by atoms with van der Waals surface area (Å²) in [5.41, 5.74) is 0.770. The molecule has 0 bridgehead atoms. The van der Waals surface area contributed by atoms with Crippen LogP contribution in [0.25, 0.3) is 11.2 Å². The van der Waals surface area contributed by atoms with Gasteiger partial charge in [-0.25, -0.2) is 9.78 Å². The number of esters is 1. The monoisotopic (exact) mass is 360 g/mol. The van der Waals surface area contributed by atoms with Crippen molar-refractivity contribution in [3.05, 3.63) is 45.1 Å². The average molecular weight is 360 g/mol. The average Bonchev–Trinajstić information content (AvgIpc) is 3.22. The molecule has 0 radical (unpaired) electrons. The highest BCUT2D eigenvalue weighted by atomic mass is 16.5. The van der Waals surface area contributed by atoms with Crippen molar-refractivity contribution in [2.24, 2.45) is 14.1 Å². The lowest BCUT2D eigenvalue weighted by Gasteiger charge is -2.08. The molecule has 3 heterocycles. The zero-order valence-corrected chi connectivity index (χ0v) is 14.9. The van der Waals surface area contributed by atoms with Gasteiger partial charge in [0.15, 0.2) is 11.2 Å². The van der Waals surface area contributed by atoms with Gasteiger partial charge in [0.2, 0.25) is 0 Å². The first kappa shape index (κ1) is 17.6. The van der Waals surface area contributed by atoms with E-state index in [0.717, 1.165) is 10.1 Å². The normalized spacial score (nSPS) is 11.2. The van der Waals surface area contributed by atoms with Crippen LogP contribution in [0.4, 0.5) is 0 Å². The Hall–Kier alpha value is -3.17. The van der Waals surface area contributed by atoms with Crippen LogP contribution in [0.5, 0.6) is 0 Å². The molecule has 0 N–H and O–H groups in total. The molecule has 10 nitrogen and oxygen atoms in total. The summed E-state index contributed by atoms with van der Waals surface area (Å²) >= 11 is 0. The number of carbonyl (C=O) groups excluding carboxylic acids is 1. The van der Waals surface area contributed by atoms with E-state index in [2.05, 4.69) is 10.1 Å². The SMILES string of the molecule is Cc1cnn(CCC(=O)OCCn2cnc3c2c(=O)n(C)c(=O)n3C)c1. The number of nitrogens with zero attached hydrogens (tertiary/aromatic N) is 6. The zero-order valence-electron chi connectivity index (χ0n) is 14.9. The van der Waals surface area contributed by atoms with Crippen LogP contribution in [0.15, 0.2) is 28.3 Å². The molecular weight excluding hydrogens is 340 g/mol. The molecule has 0 unspecified atom stereocenters. The molecule has 0 spiro atoms. The first-order valence-corrected chi connectivity index (χ1v) is 8.14. The molecule has 0 saturated carbocycles. The number of aromatic nitrogens is 6. The van der Waals surface area contributed by atoms with Crippen molar-refractivity contribution >= 4 is 17.1 Å². The van der Waals surface area contributed by atoms with Gasteiger partial charge in [0, 0.05) is 20.3 Å². The molecule has 26 heavy (non-hydrogen) atoms. The highest BCUT2D eigenvalue weighted by molar-refractivity contribution is 5.70. The molecular formula is C16H20N6O4. The molecule has 10 heteroatoms. The van der Waals surface area contributed by atoms with Crippen molar-refractivity contribution in [2.75, 3.05) is 6.61 Å². The topological polar surface area (TPSA) is 106 Å². The van der Waals surface area contributed by atoms with Crippen molar-refractivity contribution in [2.45, 2.75) is 26.4 Å². The molecule has 0 aliphatic heterocycles. The number of ether oxygens (including phenoxy) is 1. The lowest BCUT2D eigenvalue weighted by molar-refractivity contribution is -0.144. The quantitative estimate of drug-likeness (QED) is 0.553. The van der Waals surface area contributed by atoms with Crippen molar-refractivity contribution in [3.8, 4) is 0 Å². The van der Waals surface area contributed by atoms with Crippen molar-refractivity contribution in [1.29, 1.82) is 0 Å². The summed E-state index contributed by atoms with van der Waals surface area (Å²) in [5, 5.41) is 4.11. The van der Waals surface area contributed by atoms with Gasteiger partial charge in [0.25, 0.3) is 5.56 Å². The Morgan fingerprint density at radius 2 is 1.96 bits per heavy atom. The van der Waals surface area contributed by atoms with E-state index >= 15 is 0 Å². The van der Waals surface area contributed by atoms with E-state index in [-0.39, 0.29) is 25.5 Å². The van der Waals surface area contributed by atoms with Gasteiger partial charge in [0.1, 0.15) is 6.61 Å². The van der Waals surface area contributed by atoms with E-state index in [1.807, 2.05) is 13.1 Å². The van der Waals surface area contributed by atoms with Crippen LogP contribution < -0.4 is 11.2 Å². The van der Waals surface area contributed by atoms with E-state index < -0.39 is 11.2 Å². The number of hydrogen-bond acceptors (Lipinski definition) is 6. The van der Waals surface area contributed by atoms with Crippen LogP contribution in [0.1, 0.15) is 12.0 Å². The fourth-order valence-electron chi connectivity index (χ4n) is 2.69. The van der Waals surface area contributed by atoms with Crippen LogP contribution in [-0.4, -0.2) is 41.0 Å². The molecule has 0 fully saturated rings. The Morgan fingerprint density at radius 3 is 2.65 bits per heavy atom. The minimum Gasteiger partial charge on any atom is -0.464 e. The fraction of sp³-hybridized carbons (Fsp3) is 0.438. The van der Waals surface area contributed by atoms with Gasteiger partial charge in [-0.1, -0.05) is 0 Å². The Bertz CT molecular complexity index is 1070. The predicted octanol–water partition coefficient (Wildman–Crippen LogP) is -0.428. The molecule has 0 aliphatic carbocycles. The molecule has 138 valence electrons. The number of carbonyl (C=O) groups is 1. The standard InChI is InChI=1S/C16H20N6O4/c1-11-8-18-22(9-11)5-4-12(23)26-7-6-21-10-17-14-13(21)15(24)20(3)16(25)19(14)2/h8-10H,4-7H2,1-3H3. The molecule has 0 aromatic carbocycles. The second-order valence-electron chi connectivity index (χ2n) is 6.07. The molecule has 3 aromatic heterocycles. The number of fused-ring (bicyclic) bond motifs is 1. The maximum Gasteiger partial charge on any atom is 0.332 e. The number of aryl methyl sites for hydroxylation is 3. The van der Waals surface area contributed by atoms with E-state index in [0.29, 0.717) is 17.7 Å². The van der Waals surface area contributed by atoms with E-state index in [9.17, 15) is 14.4 Å². The second-order valence-corrected chi connectivity index (χ2v) is 6.07. The number of rotatable bonds is 6. The van der Waals surface area contributed by atoms with Crippen LogP contribution in [0.2, 0.25) is 0 Å². The highest BCUT2D eigenvalue weighted by Gasteiger charge is 2.14. The fourth-order valence-corrected chi connectivity index (χ4v) is 2.69. The van der Waals surface area contributed by atoms with Crippen molar-refractivity contribution < 1.29 is 9.53 Å². The summed E-state index contributed by atoms with van der Waals surface area (Å²) in [6.45, 7) is 2.76. The minimum atomic E-state index is -0.437. The lowest BCUT2D eigenvalue weighted by atomic mass is 10.4. The smallest absolute Gasteiger partial charge is 0.332 e. The third kappa shape index (κ3) is 3.30. The van der Waals surface area contributed by atoms with Gasteiger partial charge in [-0.3, -0.25) is 23.4 Å². The lowest BCUT2D eigenvalue weighted by Crippen LogP contribution is -2.37. The van der Waals surface area contributed by atoms with Crippen LogP contribution >= 0.6 is 0 Å². The van der Waals surface area contributed by atoms with Crippen molar-refractivity contribution in [1.82, 2.24) is 28.5 Å². The third-order valence-corrected chi connectivity index (χ3v) is 4.12. The molecule has 0 saturated heterocycles. The zero-order chi connectivity index (χ0) is 18.8. The van der Waals surface area contributed by atoms with Gasteiger partial charge in [-0.2, -0.15) is 5.10 Å². The van der Waals surface area contributed by atoms with Crippen molar-refractivity contribution in [3.63, 3.8) is 0 Å². The number of imidazole rings is 1. The molecule has 0 aliphatic rings. The third-order valence-electron chi connectivity index (χ3n) is 4.12.